The van der Waals surface area contributed by atoms with Crippen LogP contribution in [0.1, 0.15) is 20.3 Å². The minimum Gasteiger partial charge on any atom is -0.193 e. The molecule has 0 saturated heterocycles. The fraction of sp³-hybridized carbons (Fsp3) is 0.625. The molecule has 9 heavy (non-hydrogen) atoms. The van der Waals surface area contributed by atoms with E-state index in [1.807, 2.05) is 0 Å². The van der Waals surface area contributed by atoms with Crippen molar-refractivity contribution in [1.29, 1.82) is 5.26 Å². The highest BCUT2D eigenvalue weighted by Gasteiger charge is 2.18. The zero-order chi connectivity index (χ0) is 6.85. The topological polar surface area (TPSA) is 23.8 Å². The van der Waals surface area contributed by atoms with Crippen molar-refractivity contribution in [3.63, 3.8) is 0 Å². The van der Waals surface area contributed by atoms with Gasteiger partial charge in [0.25, 0.3) is 0 Å². The number of allylic oxidation sites excluding steroid dienone is 2. The molecular weight excluding hydrogens is 110 g/mol. The Morgan fingerprint density at radius 2 is 2.33 bits per heavy atom. The lowest BCUT2D eigenvalue weighted by Crippen LogP contribution is -1.96. The molecule has 0 aromatic rings. The Labute approximate surface area is 56.0 Å². The van der Waals surface area contributed by atoms with E-state index >= 15 is 0 Å². The van der Waals surface area contributed by atoms with Crippen LogP contribution in [-0.2, 0) is 0 Å². The first-order chi connectivity index (χ1) is 4.24. The average Bonchev–Trinajstić information content (AvgIpc) is 2.13. The van der Waals surface area contributed by atoms with Crippen molar-refractivity contribution in [3.8, 4) is 6.07 Å². The van der Waals surface area contributed by atoms with Crippen LogP contribution in [0.25, 0.3) is 0 Å². The molecule has 0 heterocycles. The fourth-order valence-corrected chi connectivity index (χ4v) is 1.17. The zero-order valence-corrected chi connectivity index (χ0v) is 5.89. The van der Waals surface area contributed by atoms with E-state index in [9.17, 15) is 0 Å². The summed E-state index contributed by atoms with van der Waals surface area (Å²) in [5.41, 5.74) is 0.968. The van der Waals surface area contributed by atoms with Gasteiger partial charge in [-0.2, -0.15) is 5.26 Å². The smallest absolute Gasteiger partial charge is 0.0943 e. The molecule has 1 aliphatic rings. The first kappa shape index (κ1) is 6.35. The van der Waals surface area contributed by atoms with Gasteiger partial charge in [0.1, 0.15) is 0 Å². The lowest BCUT2D eigenvalue weighted by Gasteiger charge is -2.04. The van der Waals surface area contributed by atoms with Gasteiger partial charge in [0.05, 0.1) is 6.07 Å². The summed E-state index contributed by atoms with van der Waals surface area (Å²) in [6.45, 7) is 4.35. The lowest BCUT2D eigenvalue weighted by atomic mass is 10.00. The molecule has 0 aromatic carbocycles. The Morgan fingerprint density at radius 3 is 2.56 bits per heavy atom. The molecule has 0 N–H and O–H groups in total. The molecule has 0 spiro atoms. The van der Waals surface area contributed by atoms with Crippen LogP contribution < -0.4 is 0 Å². The van der Waals surface area contributed by atoms with Crippen LogP contribution >= 0.6 is 0 Å². The normalized spacial score (nSPS) is 33.7. The average molecular weight is 121 g/mol. The third-order valence-corrected chi connectivity index (χ3v) is 2.05. The third kappa shape index (κ3) is 1.13. The van der Waals surface area contributed by atoms with Gasteiger partial charge in [-0.1, -0.05) is 19.9 Å². The quantitative estimate of drug-likeness (QED) is 0.481. The molecular formula is C8H11N. The summed E-state index contributed by atoms with van der Waals surface area (Å²) < 4.78 is 0. The van der Waals surface area contributed by atoms with Crippen LogP contribution in [-0.4, -0.2) is 0 Å². The zero-order valence-electron chi connectivity index (χ0n) is 5.89. The molecule has 0 saturated carbocycles. The van der Waals surface area contributed by atoms with Gasteiger partial charge in [-0.3, -0.25) is 0 Å². The molecule has 1 heteroatoms. The van der Waals surface area contributed by atoms with Crippen LogP contribution in [0, 0.1) is 23.2 Å². The highest BCUT2D eigenvalue weighted by Crippen LogP contribution is 2.28. The largest absolute Gasteiger partial charge is 0.193 e. The van der Waals surface area contributed by atoms with Gasteiger partial charge in [0.15, 0.2) is 0 Å². The van der Waals surface area contributed by atoms with Gasteiger partial charge < -0.3 is 0 Å². The number of hydrogen-bond donors (Lipinski definition) is 0. The van der Waals surface area contributed by atoms with Crippen molar-refractivity contribution < 1.29 is 0 Å². The Bertz CT molecular complexity index is 173. The third-order valence-electron chi connectivity index (χ3n) is 2.05. The summed E-state index contributed by atoms with van der Waals surface area (Å²) >= 11 is 0. The van der Waals surface area contributed by atoms with E-state index in [4.69, 9.17) is 5.26 Å². The van der Waals surface area contributed by atoms with E-state index in [1.54, 1.807) is 0 Å². The van der Waals surface area contributed by atoms with Crippen LogP contribution in [0.3, 0.4) is 0 Å². The summed E-state index contributed by atoms with van der Waals surface area (Å²) in [6.07, 6.45) is 3.06. The van der Waals surface area contributed by atoms with Gasteiger partial charge >= 0.3 is 0 Å². The van der Waals surface area contributed by atoms with Crippen molar-refractivity contribution in [2.75, 3.05) is 0 Å². The number of hydrogen-bond acceptors (Lipinski definition) is 1. The van der Waals surface area contributed by atoms with E-state index in [2.05, 4.69) is 26.0 Å². The van der Waals surface area contributed by atoms with Crippen LogP contribution in [0.4, 0.5) is 0 Å². The van der Waals surface area contributed by atoms with Crippen LogP contribution in [0.15, 0.2) is 11.6 Å². The molecule has 0 amide bonds. The maximum Gasteiger partial charge on any atom is 0.0943 e. The van der Waals surface area contributed by atoms with E-state index in [0.717, 1.165) is 12.0 Å². The molecule has 0 fully saturated rings. The molecule has 0 aliphatic heterocycles. The molecule has 0 bridgehead atoms. The Balaban J connectivity index is 2.65. The van der Waals surface area contributed by atoms with E-state index in [0.29, 0.717) is 11.8 Å². The fourth-order valence-electron chi connectivity index (χ4n) is 1.17. The van der Waals surface area contributed by atoms with Gasteiger partial charge in [0.2, 0.25) is 0 Å². The SMILES string of the molecule is CC1C=C(C#N)CC1C. The molecule has 2 atom stereocenters. The van der Waals surface area contributed by atoms with E-state index in [-0.39, 0.29) is 0 Å². The summed E-state index contributed by atoms with van der Waals surface area (Å²) in [5, 5.41) is 8.48. The highest BCUT2D eigenvalue weighted by molar-refractivity contribution is 5.26. The second-order valence-corrected chi connectivity index (χ2v) is 2.84. The summed E-state index contributed by atoms with van der Waals surface area (Å²) in [4.78, 5) is 0. The van der Waals surface area contributed by atoms with Crippen molar-refractivity contribution in [2.45, 2.75) is 20.3 Å². The minimum absolute atomic E-state index is 0.611. The molecule has 0 radical (unpaired) electrons. The Morgan fingerprint density at radius 1 is 1.67 bits per heavy atom. The molecule has 1 rings (SSSR count). The number of rotatable bonds is 0. The van der Waals surface area contributed by atoms with Gasteiger partial charge in [-0.15, -0.1) is 0 Å². The molecule has 48 valence electrons. The molecule has 1 aliphatic carbocycles. The summed E-state index contributed by atoms with van der Waals surface area (Å²) in [7, 11) is 0. The molecule has 1 nitrogen and oxygen atoms in total. The predicted molar refractivity (Wildman–Crippen MR) is 36.6 cm³/mol. The highest BCUT2D eigenvalue weighted by atomic mass is 14.3. The standard InChI is InChI=1S/C8H11N/c1-6-3-8(5-9)4-7(6)2/h3,6-7H,4H2,1-2H3. The second kappa shape index (κ2) is 2.23. The number of nitriles is 1. The van der Waals surface area contributed by atoms with Crippen molar-refractivity contribution >= 4 is 0 Å². The van der Waals surface area contributed by atoms with Gasteiger partial charge in [-0.05, 0) is 18.3 Å². The lowest BCUT2D eigenvalue weighted by molar-refractivity contribution is 0.495. The van der Waals surface area contributed by atoms with Gasteiger partial charge in [-0.25, -0.2) is 0 Å². The monoisotopic (exact) mass is 121 g/mol. The van der Waals surface area contributed by atoms with E-state index < -0.39 is 0 Å². The van der Waals surface area contributed by atoms with Crippen molar-refractivity contribution in [2.24, 2.45) is 11.8 Å². The first-order valence-electron chi connectivity index (χ1n) is 3.35. The second-order valence-electron chi connectivity index (χ2n) is 2.84. The summed E-state index contributed by atoms with van der Waals surface area (Å²) in [5.74, 6) is 1.29. The van der Waals surface area contributed by atoms with Crippen LogP contribution in [0.5, 0.6) is 0 Å². The molecule has 2 unspecified atom stereocenters. The van der Waals surface area contributed by atoms with Gasteiger partial charge in [0, 0.05) is 5.57 Å². The number of nitrogens with zero attached hydrogens (tertiary/aromatic N) is 1. The minimum atomic E-state index is 0.611. The maximum absolute atomic E-state index is 8.48. The Hall–Kier alpha value is -0.770. The van der Waals surface area contributed by atoms with Crippen molar-refractivity contribution in [1.82, 2.24) is 0 Å². The van der Waals surface area contributed by atoms with E-state index in [1.165, 1.54) is 0 Å². The van der Waals surface area contributed by atoms with Crippen molar-refractivity contribution in [3.05, 3.63) is 11.6 Å². The Kier molecular flexibility index (Phi) is 1.57. The summed E-state index contributed by atoms with van der Waals surface area (Å²) in [6, 6.07) is 2.19. The van der Waals surface area contributed by atoms with Crippen LogP contribution in [0.2, 0.25) is 0 Å². The molecule has 0 aromatic heterocycles. The maximum atomic E-state index is 8.48. The first-order valence-corrected chi connectivity index (χ1v) is 3.35. The predicted octanol–water partition coefficient (Wildman–Crippen LogP) is 2.11.